The first-order valence-corrected chi connectivity index (χ1v) is 8.05. The van der Waals surface area contributed by atoms with Crippen molar-refractivity contribution in [1.29, 1.82) is 5.26 Å². The lowest BCUT2D eigenvalue weighted by Gasteiger charge is -2.24. The summed E-state index contributed by atoms with van der Waals surface area (Å²) in [5, 5.41) is 19.2. The highest BCUT2D eigenvalue weighted by molar-refractivity contribution is 5.78. The van der Waals surface area contributed by atoms with Crippen LogP contribution in [0.25, 0.3) is 0 Å². The minimum Gasteiger partial charge on any atom is -0.481 e. The summed E-state index contributed by atoms with van der Waals surface area (Å²) >= 11 is 0. The molecule has 2 heterocycles. The number of nitriles is 1. The first-order valence-electron chi connectivity index (χ1n) is 8.05. The van der Waals surface area contributed by atoms with E-state index >= 15 is 0 Å². The minimum atomic E-state index is -0.683. The predicted molar refractivity (Wildman–Crippen MR) is 80.6 cm³/mol. The van der Waals surface area contributed by atoms with Gasteiger partial charge in [-0.15, -0.1) is 0 Å². The van der Waals surface area contributed by atoms with Crippen LogP contribution in [0.4, 0.5) is 5.82 Å². The van der Waals surface area contributed by atoms with Crippen LogP contribution in [0.3, 0.4) is 0 Å². The fourth-order valence-corrected chi connectivity index (χ4v) is 4.58. The van der Waals surface area contributed by atoms with E-state index in [1.54, 1.807) is 0 Å². The van der Waals surface area contributed by atoms with E-state index in [0.29, 0.717) is 24.5 Å². The number of pyridine rings is 1. The van der Waals surface area contributed by atoms with E-state index in [1.807, 2.05) is 6.07 Å². The number of hydrogen-bond donors (Lipinski definition) is 1. The molecule has 5 heteroatoms. The van der Waals surface area contributed by atoms with E-state index in [0.717, 1.165) is 44.2 Å². The summed E-state index contributed by atoms with van der Waals surface area (Å²) in [6, 6.07) is 4.22. The van der Waals surface area contributed by atoms with E-state index < -0.39 is 11.4 Å². The zero-order valence-electron chi connectivity index (χ0n) is 12.5. The summed E-state index contributed by atoms with van der Waals surface area (Å²) in [6.07, 6.45) is 5.77. The lowest BCUT2D eigenvalue weighted by atomic mass is 9.81. The van der Waals surface area contributed by atoms with Gasteiger partial charge in [-0.25, -0.2) is 4.98 Å². The number of carbonyl (C=O) groups is 1. The molecule has 1 saturated heterocycles. The third-order valence-electron chi connectivity index (χ3n) is 5.75. The molecule has 1 saturated carbocycles. The Kier molecular flexibility index (Phi) is 2.90. The van der Waals surface area contributed by atoms with Crippen LogP contribution in [0.15, 0.2) is 6.07 Å². The van der Waals surface area contributed by atoms with Crippen LogP contribution in [-0.2, 0) is 17.6 Å². The molecule has 114 valence electrons. The zero-order valence-corrected chi connectivity index (χ0v) is 12.5. The maximum atomic E-state index is 11.8. The van der Waals surface area contributed by atoms with Gasteiger partial charge in [0.1, 0.15) is 11.9 Å². The summed E-state index contributed by atoms with van der Waals surface area (Å²) < 4.78 is 0. The van der Waals surface area contributed by atoms with Gasteiger partial charge in [-0.1, -0.05) is 6.42 Å². The highest BCUT2D eigenvalue weighted by Gasteiger charge is 2.55. The van der Waals surface area contributed by atoms with Gasteiger partial charge >= 0.3 is 5.97 Å². The second-order valence-corrected chi connectivity index (χ2v) is 6.86. The topological polar surface area (TPSA) is 77.2 Å². The van der Waals surface area contributed by atoms with Crippen molar-refractivity contribution in [1.82, 2.24) is 4.98 Å². The molecule has 2 atom stereocenters. The Bertz CT molecular complexity index is 694. The van der Waals surface area contributed by atoms with E-state index in [4.69, 9.17) is 4.98 Å². The van der Waals surface area contributed by atoms with Crippen molar-refractivity contribution in [2.75, 3.05) is 18.0 Å². The molecule has 4 rings (SSSR count). The molecular formula is C17H19N3O2. The summed E-state index contributed by atoms with van der Waals surface area (Å²) in [4.78, 5) is 18.6. The molecule has 0 aromatic carbocycles. The first kappa shape index (κ1) is 13.6. The lowest BCUT2D eigenvalue weighted by molar-refractivity contribution is -0.149. The fraction of sp³-hybridized carbons (Fsp3) is 0.588. The van der Waals surface area contributed by atoms with Crippen molar-refractivity contribution in [3.8, 4) is 6.07 Å². The van der Waals surface area contributed by atoms with Crippen LogP contribution >= 0.6 is 0 Å². The summed E-state index contributed by atoms with van der Waals surface area (Å²) in [6.45, 7) is 1.21. The number of fused-ring (bicyclic) bond motifs is 2. The van der Waals surface area contributed by atoms with Gasteiger partial charge in [0.2, 0.25) is 0 Å². The van der Waals surface area contributed by atoms with Gasteiger partial charge in [0.05, 0.1) is 11.0 Å². The smallest absolute Gasteiger partial charge is 0.311 e. The number of carboxylic acids is 1. The average molecular weight is 297 g/mol. The monoisotopic (exact) mass is 297 g/mol. The second kappa shape index (κ2) is 4.70. The normalized spacial score (nSPS) is 29.2. The molecule has 1 N–H and O–H groups in total. The molecular weight excluding hydrogens is 278 g/mol. The number of aromatic nitrogens is 1. The van der Waals surface area contributed by atoms with Gasteiger partial charge in [-0.3, -0.25) is 4.79 Å². The molecule has 1 aromatic rings. The highest BCUT2D eigenvalue weighted by atomic mass is 16.4. The van der Waals surface area contributed by atoms with Crippen molar-refractivity contribution in [2.45, 2.75) is 38.5 Å². The number of nitrogens with zero attached hydrogens (tertiary/aromatic N) is 3. The first-order chi connectivity index (χ1) is 10.6. The Hall–Kier alpha value is -2.09. The third kappa shape index (κ3) is 1.76. The minimum absolute atomic E-state index is 0.187. The third-order valence-corrected chi connectivity index (χ3v) is 5.75. The molecule has 3 aliphatic rings. The van der Waals surface area contributed by atoms with Gasteiger partial charge in [0.15, 0.2) is 0 Å². The highest BCUT2D eigenvalue weighted by Crippen LogP contribution is 2.50. The molecule has 1 aliphatic heterocycles. The molecule has 2 fully saturated rings. The van der Waals surface area contributed by atoms with E-state index in [2.05, 4.69) is 11.0 Å². The fourth-order valence-electron chi connectivity index (χ4n) is 4.58. The molecule has 0 radical (unpaired) electrons. The molecule has 22 heavy (non-hydrogen) atoms. The standard InChI is InChI=1S/C17H19N3O2/c18-8-12-7-11-3-1-5-14(11)19-15(12)20-9-13-4-2-6-17(13,10-20)16(21)22/h7,13H,1-6,9-10H2,(H,21,22)/t13-,17+/m0/s1. The van der Waals surface area contributed by atoms with Gasteiger partial charge in [-0.2, -0.15) is 5.26 Å². The number of rotatable bonds is 2. The predicted octanol–water partition coefficient (Wildman–Crippen LogP) is 2.13. The van der Waals surface area contributed by atoms with Crippen LogP contribution in [0.2, 0.25) is 0 Å². The summed E-state index contributed by atoms with van der Waals surface area (Å²) in [7, 11) is 0. The Morgan fingerprint density at radius 2 is 2.32 bits per heavy atom. The zero-order chi connectivity index (χ0) is 15.3. The summed E-state index contributed by atoms with van der Waals surface area (Å²) in [5.74, 6) is 0.210. The summed E-state index contributed by atoms with van der Waals surface area (Å²) in [5.41, 5.74) is 2.25. The maximum Gasteiger partial charge on any atom is 0.311 e. The van der Waals surface area contributed by atoms with E-state index in [9.17, 15) is 15.2 Å². The quantitative estimate of drug-likeness (QED) is 0.905. The van der Waals surface area contributed by atoms with Crippen LogP contribution in [-0.4, -0.2) is 29.1 Å². The van der Waals surface area contributed by atoms with Crippen LogP contribution in [0, 0.1) is 22.7 Å². The number of carboxylic acid groups (broad SMARTS) is 1. The Morgan fingerprint density at radius 1 is 1.45 bits per heavy atom. The SMILES string of the molecule is N#Cc1cc2c(nc1N1C[C@@H]3CCC[C@@]3(C(=O)O)C1)CCC2. The Labute approximate surface area is 129 Å². The molecule has 0 bridgehead atoms. The van der Waals surface area contributed by atoms with Gasteiger partial charge in [0.25, 0.3) is 0 Å². The number of hydrogen-bond acceptors (Lipinski definition) is 4. The lowest BCUT2D eigenvalue weighted by Crippen LogP contribution is -2.36. The number of aliphatic carboxylic acids is 1. The van der Waals surface area contributed by atoms with Crippen LogP contribution in [0.1, 0.15) is 42.5 Å². The average Bonchev–Trinajstić information content (AvgIpc) is 3.18. The second-order valence-electron chi connectivity index (χ2n) is 6.86. The molecule has 2 aliphatic carbocycles. The van der Waals surface area contributed by atoms with Crippen molar-refractivity contribution in [3.63, 3.8) is 0 Å². The van der Waals surface area contributed by atoms with Crippen molar-refractivity contribution in [2.24, 2.45) is 11.3 Å². The van der Waals surface area contributed by atoms with Crippen molar-refractivity contribution < 1.29 is 9.90 Å². The van der Waals surface area contributed by atoms with Gasteiger partial charge in [0, 0.05) is 18.8 Å². The molecule has 0 amide bonds. The van der Waals surface area contributed by atoms with E-state index in [1.165, 1.54) is 5.56 Å². The Morgan fingerprint density at radius 3 is 3.05 bits per heavy atom. The van der Waals surface area contributed by atoms with Crippen LogP contribution < -0.4 is 4.90 Å². The van der Waals surface area contributed by atoms with Gasteiger partial charge < -0.3 is 10.0 Å². The van der Waals surface area contributed by atoms with Gasteiger partial charge in [-0.05, 0) is 49.7 Å². The molecule has 0 unspecified atom stereocenters. The molecule has 5 nitrogen and oxygen atoms in total. The van der Waals surface area contributed by atoms with E-state index in [-0.39, 0.29) is 5.92 Å². The molecule has 1 aromatic heterocycles. The van der Waals surface area contributed by atoms with Crippen molar-refractivity contribution in [3.05, 3.63) is 22.9 Å². The molecule has 0 spiro atoms. The van der Waals surface area contributed by atoms with Crippen LogP contribution in [0.5, 0.6) is 0 Å². The number of aryl methyl sites for hydroxylation is 2. The largest absolute Gasteiger partial charge is 0.481 e. The number of anilines is 1. The maximum absolute atomic E-state index is 11.8. The Balaban J connectivity index is 1.72. The van der Waals surface area contributed by atoms with Crippen molar-refractivity contribution >= 4 is 11.8 Å².